The van der Waals surface area contributed by atoms with Crippen molar-refractivity contribution >= 4 is 0 Å². The molecule has 0 radical (unpaired) electrons. The first-order valence-electron chi connectivity index (χ1n) is 7.23. The van der Waals surface area contributed by atoms with Gasteiger partial charge >= 0.3 is 0 Å². The zero-order valence-corrected chi connectivity index (χ0v) is 11.5. The van der Waals surface area contributed by atoms with E-state index in [4.69, 9.17) is 4.74 Å². The zero-order valence-electron chi connectivity index (χ0n) is 11.5. The second-order valence-corrected chi connectivity index (χ2v) is 5.37. The smallest absolute Gasteiger partial charge is 0.157 e. The molecule has 4 heteroatoms. The molecule has 0 saturated heterocycles. The van der Waals surface area contributed by atoms with Gasteiger partial charge in [-0.3, -0.25) is 4.68 Å². The third-order valence-electron chi connectivity index (χ3n) is 3.82. The maximum absolute atomic E-state index is 13.1. The fourth-order valence-corrected chi connectivity index (χ4v) is 2.73. The van der Waals surface area contributed by atoms with E-state index in [-0.39, 0.29) is 5.82 Å². The van der Waals surface area contributed by atoms with E-state index in [1.807, 2.05) is 16.9 Å². The molecule has 1 aliphatic rings. The number of halogens is 1. The van der Waals surface area contributed by atoms with Crippen LogP contribution in [-0.4, -0.2) is 9.78 Å². The van der Waals surface area contributed by atoms with Crippen LogP contribution in [-0.2, 0) is 6.61 Å². The lowest BCUT2D eigenvalue weighted by Crippen LogP contribution is -2.12. The van der Waals surface area contributed by atoms with Crippen molar-refractivity contribution in [1.82, 2.24) is 9.78 Å². The minimum atomic E-state index is -0.232. The Labute approximate surface area is 118 Å². The molecule has 1 fully saturated rings. The van der Waals surface area contributed by atoms with E-state index in [9.17, 15) is 4.39 Å². The van der Waals surface area contributed by atoms with Crippen LogP contribution in [0.15, 0.2) is 36.7 Å². The highest BCUT2D eigenvalue weighted by atomic mass is 19.1. The summed E-state index contributed by atoms with van der Waals surface area (Å²) >= 11 is 0. The predicted octanol–water partition coefficient (Wildman–Crippen LogP) is 4.11. The third-order valence-corrected chi connectivity index (χ3v) is 3.82. The van der Waals surface area contributed by atoms with Gasteiger partial charge in [-0.15, -0.1) is 0 Å². The molecule has 0 unspecified atom stereocenters. The lowest BCUT2D eigenvalue weighted by molar-refractivity contribution is 0.300. The number of aromatic nitrogens is 2. The monoisotopic (exact) mass is 274 g/mol. The Balaban J connectivity index is 1.59. The summed E-state index contributed by atoms with van der Waals surface area (Å²) in [5.41, 5.74) is 0.829. The number of rotatable bonds is 4. The number of ether oxygens (including phenoxy) is 1. The number of benzene rings is 1. The van der Waals surface area contributed by atoms with E-state index in [2.05, 4.69) is 5.10 Å². The van der Waals surface area contributed by atoms with Gasteiger partial charge in [0.05, 0.1) is 18.4 Å². The number of hydrogen-bond acceptors (Lipinski definition) is 2. The lowest BCUT2D eigenvalue weighted by atomic mass is 9.96. The molecular weight excluding hydrogens is 255 g/mol. The van der Waals surface area contributed by atoms with Crippen molar-refractivity contribution in [3.63, 3.8) is 0 Å². The summed E-state index contributed by atoms with van der Waals surface area (Å²) in [6.07, 6.45) is 9.99. The molecule has 0 atom stereocenters. The molecule has 0 bridgehead atoms. The largest absolute Gasteiger partial charge is 0.486 e. The Morgan fingerprint density at radius 3 is 2.90 bits per heavy atom. The Bertz CT molecular complexity index is 561. The SMILES string of the molecule is Fc1cccc(COc2cnn(C3CCCCC3)c2)c1. The second-order valence-electron chi connectivity index (χ2n) is 5.37. The molecule has 1 aliphatic carbocycles. The van der Waals surface area contributed by atoms with Crippen molar-refractivity contribution in [2.24, 2.45) is 0 Å². The minimum Gasteiger partial charge on any atom is -0.486 e. The van der Waals surface area contributed by atoms with E-state index in [1.54, 1.807) is 12.3 Å². The number of hydrogen-bond donors (Lipinski definition) is 0. The van der Waals surface area contributed by atoms with E-state index in [1.165, 1.54) is 44.2 Å². The molecule has 20 heavy (non-hydrogen) atoms. The molecule has 3 rings (SSSR count). The molecule has 0 amide bonds. The van der Waals surface area contributed by atoms with Gasteiger partial charge < -0.3 is 4.74 Å². The van der Waals surface area contributed by atoms with Gasteiger partial charge in [0.1, 0.15) is 12.4 Å². The van der Waals surface area contributed by atoms with Gasteiger partial charge in [-0.05, 0) is 30.5 Å². The summed E-state index contributed by atoms with van der Waals surface area (Å²) < 4.78 is 20.8. The van der Waals surface area contributed by atoms with E-state index in [0.717, 1.165) is 11.3 Å². The van der Waals surface area contributed by atoms with Gasteiger partial charge in [-0.1, -0.05) is 31.4 Å². The molecule has 0 spiro atoms. The summed E-state index contributed by atoms with van der Waals surface area (Å²) in [6, 6.07) is 6.99. The molecule has 2 aromatic rings. The normalized spacial score (nSPS) is 16.2. The van der Waals surface area contributed by atoms with Crippen molar-refractivity contribution in [2.75, 3.05) is 0 Å². The molecule has 1 heterocycles. The van der Waals surface area contributed by atoms with Crippen LogP contribution in [0, 0.1) is 5.82 Å². The van der Waals surface area contributed by atoms with Gasteiger partial charge in [-0.2, -0.15) is 5.10 Å². The van der Waals surface area contributed by atoms with Crippen LogP contribution >= 0.6 is 0 Å². The van der Waals surface area contributed by atoms with E-state index < -0.39 is 0 Å². The van der Waals surface area contributed by atoms with Crippen LogP contribution in [0.25, 0.3) is 0 Å². The molecule has 1 aromatic carbocycles. The fourth-order valence-electron chi connectivity index (χ4n) is 2.73. The molecule has 3 nitrogen and oxygen atoms in total. The van der Waals surface area contributed by atoms with Crippen LogP contribution in [0.2, 0.25) is 0 Å². The van der Waals surface area contributed by atoms with Crippen LogP contribution in [0.5, 0.6) is 5.75 Å². The predicted molar refractivity (Wildman–Crippen MR) is 75.1 cm³/mol. The van der Waals surface area contributed by atoms with Crippen LogP contribution < -0.4 is 4.74 Å². The standard InChI is InChI=1S/C16H19FN2O/c17-14-6-4-5-13(9-14)12-20-16-10-18-19(11-16)15-7-2-1-3-8-15/h4-6,9-11,15H,1-3,7-8,12H2. The summed E-state index contributed by atoms with van der Waals surface area (Å²) in [5.74, 6) is 0.517. The quantitative estimate of drug-likeness (QED) is 0.839. The Morgan fingerprint density at radius 2 is 2.10 bits per heavy atom. The Hall–Kier alpha value is -1.84. The maximum atomic E-state index is 13.1. The van der Waals surface area contributed by atoms with Crippen molar-refractivity contribution in [3.8, 4) is 5.75 Å². The van der Waals surface area contributed by atoms with Gasteiger partial charge in [0.15, 0.2) is 5.75 Å². The van der Waals surface area contributed by atoms with Gasteiger partial charge in [0, 0.05) is 0 Å². The van der Waals surface area contributed by atoms with E-state index in [0.29, 0.717) is 12.6 Å². The van der Waals surface area contributed by atoms with Gasteiger partial charge in [0.25, 0.3) is 0 Å². The molecule has 1 saturated carbocycles. The molecule has 0 N–H and O–H groups in total. The molecule has 1 aromatic heterocycles. The summed E-state index contributed by atoms with van der Waals surface area (Å²) in [7, 11) is 0. The fraction of sp³-hybridized carbons (Fsp3) is 0.438. The Morgan fingerprint density at radius 1 is 1.25 bits per heavy atom. The van der Waals surface area contributed by atoms with Crippen molar-refractivity contribution in [1.29, 1.82) is 0 Å². The molecule has 106 valence electrons. The lowest BCUT2D eigenvalue weighted by Gasteiger charge is -2.21. The highest BCUT2D eigenvalue weighted by Crippen LogP contribution is 2.28. The van der Waals surface area contributed by atoms with Crippen LogP contribution in [0.3, 0.4) is 0 Å². The number of nitrogens with zero attached hydrogens (tertiary/aromatic N) is 2. The van der Waals surface area contributed by atoms with Crippen LogP contribution in [0.4, 0.5) is 4.39 Å². The van der Waals surface area contributed by atoms with Crippen LogP contribution in [0.1, 0.15) is 43.7 Å². The van der Waals surface area contributed by atoms with Gasteiger partial charge in [0.2, 0.25) is 0 Å². The zero-order chi connectivity index (χ0) is 13.8. The summed E-state index contributed by atoms with van der Waals surface area (Å²) in [6.45, 7) is 0.369. The highest BCUT2D eigenvalue weighted by molar-refractivity contribution is 5.18. The topological polar surface area (TPSA) is 27.1 Å². The summed E-state index contributed by atoms with van der Waals surface area (Å²) in [4.78, 5) is 0. The maximum Gasteiger partial charge on any atom is 0.157 e. The van der Waals surface area contributed by atoms with E-state index >= 15 is 0 Å². The average Bonchev–Trinajstić information content (AvgIpc) is 2.95. The van der Waals surface area contributed by atoms with Crippen molar-refractivity contribution in [3.05, 3.63) is 48.0 Å². The second kappa shape index (κ2) is 6.07. The van der Waals surface area contributed by atoms with Gasteiger partial charge in [-0.25, -0.2) is 4.39 Å². The third kappa shape index (κ3) is 3.18. The average molecular weight is 274 g/mol. The summed E-state index contributed by atoms with van der Waals surface area (Å²) in [5, 5.41) is 4.39. The first-order valence-corrected chi connectivity index (χ1v) is 7.23. The molecular formula is C16H19FN2O. The Kier molecular flexibility index (Phi) is 4.00. The van der Waals surface area contributed by atoms with Crippen molar-refractivity contribution in [2.45, 2.75) is 44.8 Å². The first kappa shape index (κ1) is 13.2. The highest BCUT2D eigenvalue weighted by Gasteiger charge is 2.16. The minimum absolute atomic E-state index is 0.232. The molecule has 0 aliphatic heterocycles. The first-order chi connectivity index (χ1) is 9.81. The van der Waals surface area contributed by atoms with Crippen molar-refractivity contribution < 1.29 is 9.13 Å².